The third-order valence-electron chi connectivity index (χ3n) is 9.49. The van der Waals surface area contributed by atoms with E-state index in [0.717, 1.165) is 27.4 Å². The summed E-state index contributed by atoms with van der Waals surface area (Å²) in [5, 5.41) is 1.65. The van der Waals surface area contributed by atoms with Crippen LogP contribution in [-0.2, 0) is 16.8 Å². The van der Waals surface area contributed by atoms with Crippen LogP contribution in [0.3, 0.4) is 0 Å². The molecule has 0 fully saturated rings. The quantitative estimate of drug-likeness (QED) is 0.170. The lowest BCUT2D eigenvalue weighted by Gasteiger charge is -2.20. The molecule has 0 spiro atoms. The monoisotopic (exact) mass is 679 g/mol. The Morgan fingerprint density at radius 3 is 2.16 bits per heavy atom. The number of aromatic nitrogens is 3. The second-order valence-electron chi connectivity index (χ2n) is 15.0. The Morgan fingerprint density at radius 2 is 1.39 bits per heavy atom. The zero-order chi connectivity index (χ0) is 39.2. The second kappa shape index (κ2) is 11.6. The lowest BCUT2D eigenvalue weighted by Crippen LogP contribution is -2.16. The number of alkyl halides is 2. The van der Waals surface area contributed by atoms with Gasteiger partial charge < -0.3 is 0 Å². The summed E-state index contributed by atoms with van der Waals surface area (Å²) in [4.78, 5) is 9.02. The van der Waals surface area contributed by atoms with Gasteiger partial charge in [0.15, 0.2) is 0 Å². The van der Waals surface area contributed by atoms with Gasteiger partial charge >= 0.3 is 6.01 Å². The fourth-order valence-electron chi connectivity index (χ4n) is 6.81. The maximum Gasteiger partial charge on any atom is 0.503 e. The molecule has 0 radical (unpaired) electrons. The van der Waals surface area contributed by atoms with Crippen LogP contribution in [0, 0.1) is 0 Å². The van der Waals surface area contributed by atoms with Gasteiger partial charge in [0.25, 0.3) is 17.3 Å². The van der Waals surface area contributed by atoms with Crippen molar-refractivity contribution in [3.8, 4) is 5.82 Å². The summed E-state index contributed by atoms with van der Waals surface area (Å²) in [6.07, 6.45) is 5.15. The molecule has 7 aromatic rings. The van der Waals surface area contributed by atoms with Gasteiger partial charge in [0.1, 0.15) is 5.82 Å². The van der Waals surface area contributed by atoms with Crippen molar-refractivity contribution in [3.63, 3.8) is 0 Å². The van der Waals surface area contributed by atoms with Crippen molar-refractivity contribution < 1.29 is 14.3 Å². The van der Waals surface area contributed by atoms with E-state index >= 15 is 8.78 Å². The van der Waals surface area contributed by atoms with Crippen LogP contribution in [0.15, 0.2) is 128 Å². The SMILES string of the molecule is [2H]c1c([2H])c([2H])c2c(c1[2H])[N+](c1cccc(C(F)(F)c3ccc4c5ccncc5n(-c5cc(C(C)(C)C)ccn5)c4c3)c1)=C=[N+]2c1ccccc1C(C)(C)C. The van der Waals surface area contributed by atoms with E-state index in [1.807, 2.05) is 47.0 Å². The molecule has 8 rings (SSSR count). The van der Waals surface area contributed by atoms with Gasteiger partial charge in [-0.1, -0.05) is 96.1 Å². The van der Waals surface area contributed by atoms with Crippen molar-refractivity contribution in [1.82, 2.24) is 23.7 Å². The first kappa shape index (κ1) is 28.0. The van der Waals surface area contributed by atoms with E-state index in [9.17, 15) is 0 Å². The van der Waals surface area contributed by atoms with Gasteiger partial charge in [0.05, 0.1) is 22.7 Å². The molecular weight excluding hydrogens is 637 g/mol. The first-order valence-corrected chi connectivity index (χ1v) is 16.9. The standard InChI is InChI=1S/C44H39F2N5/c1-42(2,3)29-20-23-48-41(26-29)51-39-25-31(18-19-33(39)34-21-22-47-27-40(34)51)44(45,46)30-12-11-13-32(24-30)49-28-50(38-17-10-9-16-37(38)49)36-15-8-7-14-35(36)43(4,5)6/h7-27H,1-6H3/q+2/i9D,10D,16D,17D. The minimum Gasteiger partial charge on any atom is -0.292 e. The third-order valence-corrected chi connectivity index (χ3v) is 9.49. The van der Waals surface area contributed by atoms with Gasteiger partial charge in [-0.25, -0.2) is 4.98 Å². The Balaban J connectivity index is 1.31. The maximum atomic E-state index is 17.0. The molecule has 0 aliphatic carbocycles. The molecule has 51 heavy (non-hydrogen) atoms. The van der Waals surface area contributed by atoms with Gasteiger partial charge in [0, 0.05) is 70.1 Å². The van der Waals surface area contributed by atoms with Crippen LogP contribution in [0.1, 0.15) is 69.3 Å². The summed E-state index contributed by atoms with van der Waals surface area (Å²) < 4.78 is 73.7. The molecule has 1 aliphatic rings. The first-order chi connectivity index (χ1) is 26.0. The van der Waals surface area contributed by atoms with Crippen LogP contribution in [0.25, 0.3) is 27.6 Å². The molecule has 0 N–H and O–H groups in total. The van der Waals surface area contributed by atoms with Crippen molar-refractivity contribution >= 4 is 50.6 Å². The number of hydrogen-bond acceptors (Lipinski definition) is 2. The van der Waals surface area contributed by atoms with Gasteiger partial charge in [-0.2, -0.15) is 8.78 Å². The van der Waals surface area contributed by atoms with Crippen molar-refractivity contribution in [2.75, 3.05) is 0 Å². The van der Waals surface area contributed by atoms with Crippen LogP contribution in [0.2, 0.25) is 0 Å². The molecule has 0 bridgehead atoms. The van der Waals surface area contributed by atoms with E-state index in [1.165, 1.54) is 34.9 Å². The molecule has 0 unspecified atom stereocenters. The van der Waals surface area contributed by atoms with Gasteiger partial charge in [-0.15, -0.1) is 0 Å². The van der Waals surface area contributed by atoms with E-state index < -0.39 is 18.0 Å². The van der Waals surface area contributed by atoms with Gasteiger partial charge in [-0.3, -0.25) is 9.55 Å². The normalized spacial score (nSPS) is 14.5. The number of para-hydroxylation sites is 3. The van der Waals surface area contributed by atoms with Crippen LogP contribution in [0.5, 0.6) is 0 Å². The van der Waals surface area contributed by atoms with Gasteiger partial charge in [-0.05, 0) is 49.8 Å². The number of fused-ring (bicyclic) bond motifs is 4. The average Bonchev–Trinajstić information content (AvgIpc) is 3.72. The smallest absolute Gasteiger partial charge is 0.292 e. The zero-order valence-corrected chi connectivity index (χ0v) is 29.3. The summed E-state index contributed by atoms with van der Waals surface area (Å²) in [6, 6.07) is 25.9. The highest BCUT2D eigenvalue weighted by Crippen LogP contribution is 2.43. The molecule has 0 saturated carbocycles. The molecule has 5 nitrogen and oxygen atoms in total. The predicted molar refractivity (Wildman–Crippen MR) is 204 cm³/mol. The minimum absolute atomic E-state index is 0.125. The highest BCUT2D eigenvalue weighted by molar-refractivity contribution is 6.09. The van der Waals surface area contributed by atoms with Crippen LogP contribution in [-0.4, -0.2) is 20.5 Å². The summed E-state index contributed by atoms with van der Waals surface area (Å²) in [5.74, 6) is -2.87. The fraction of sp³-hybridized carbons (Fsp3) is 0.205. The van der Waals surface area contributed by atoms with Crippen molar-refractivity contribution in [1.29, 1.82) is 0 Å². The third kappa shape index (κ3) is 5.45. The Morgan fingerprint density at radius 1 is 0.667 bits per heavy atom. The second-order valence-corrected chi connectivity index (χ2v) is 15.0. The fourth-order valence-corrected chi connectivity index (χ4v) is 6.81. The molecule has 1 aliphatic heterocycles. The van der Waals surface area contributed by atoms with E-state index in [-0.39, 0.29) is 51.1 Å². The van der Waals surface area contributed by atoms with E-state index in [0.29, 0.717) is 17.0 Å². The summed E-state index contributed by atoms with van der Waals surface area (Å²) in [7, 11) is 0. The van der Waals surface area contributed by atoms with E-state index in [2.05, 4.69) is 57.5 Å². The predicted octanol–water partition coefficient (Wildman–Crippen LogP) is 11.2. The van der Waals surface area contributed by atoms with Crippen molar-refractivity contribution in [3.05, 3.63) is 150 Å². The van der Waals surface area contributed by atoms with Gasteiger partial charge in [0.2, 0.25) is 11.4 Å². The first-order valence-electron chi connectivity index (χ1n) is 18.9. The molecule has 0 amide bonds. The Kier molecular flexibility index (Phi) is 6.39. The highest BCUT2D eigenvalue weighted by Gasteiger charge is 2.40. The topological polar surface area (TPSA) is 36.7 Å². The molecule has 0 atom stereocenters. The number of nitrogens with zero attached hydrogens (tertiary/aromatic N) is 5. The molecule has 4 heterocycles. The Hall–Kier alpha value is -5.78. The van der Waals surface area contributed by atoms with E-state index in [4.69, 9.17) is 5.48 Å². The van der Waals surface area contributed by atoms with Crippen LogP contribution >= 0.6 is 0 Å². The Labute approximate surface area is 302 Å². The molecule has 3 aromatic heterocycles. The zero-order valence-electron chi connectivity index (χ0n) is 33.3. The minimum atomic E-state index is -3.47. The van der Waals surface area contributed by atoms with E-state index in [1.54, 1.807) is 35.3 Å². The van der Waals surface area contributed by atoms with Crippen molar-refractivity contribution in [2.45, 2.75) is 58.3 Å². The lowest BCUT2D eigenvalue weighted by atomic mass is 9.85. The van der Waals surface area contributed by atoms with Crippen LogP contribution < -0.4 is 9.15 Å². The number of benzene rings is 4. The number of rotatable bonds is 5. The van der Waals surface area contributed by atoms with Crippen molar-refractivity contribution in [2.24, 2.45) is 0 Å². The van der Waals surface area contributed by atoms with Crippen LogP contribution in [0.4, 0.5) is 31.5 Å². The number of halogens is 2. The number of pyridine rings is 2. The summed E-state index contributed by atoms with van der Waals surface area (Å²) >= 11 is 0. The molecule has 7 heteroatoms. The molecule has 4 aromatic carbocycles. The molecule has 252 valence electrons. The molecule has 0 saturated heterocycles. The molecular formula is C44H39F2N5+2. The summed E-state index contributed by atoms with van der Waals surface area (Å²) in [6.45, 7) is 12.5. The lowest BCUT2D eigenvalue weighted by molar-refractivity contribution is 0.0430. The number of hydrogen-bond donors (Lipinski definition) is 0. The maximum absolute atomic E-state index is 17.0. The Bertz CT molecular complexity index is 2810. The largest absolute Gasteiger partial charge is 0.503 e. The highest BCUT2D eigenvalue weighted by atomic mass is 19.3. The summed E-state index contributed by atoms with van der Waals surface area (Å²) in [5.41, 5.74) is 3.54. The average molecular weight is 680 g/mol.